The minimum absolute atomic E-state index is 0.0644. The van der Waals surface area contributed by atoms with Gasteiger partial charge in [0.2, 0.25) is 0 Å². The molecule has 0 radical (unpaired) electrons. The number of nitro benzene ring substituents is 1. The summed E-state index contributed by atoms with van der Waals surface area (Å²) in [4.78, 5) is 20.7. The fourth-order valence-corrected chi connectivity index (χ4v) is 3.12. The molecule has 0 atom stereocenters. The summed E-state index contributed by atoms with van der Waals surface area (Å²) in [6, 6.07) is 6.61. The zero-order chi connectivity index (χ0) is 15.7. The molecule has 2 aromatic heterocycles. The number of non-ortho nitro benzene ring substituents is 1. The van der Waals surface area contributed by atoms with Crippen molar-refractivity contribution in [2.75, 3.05) is 5.32 Å². The van der Waals surface area contributed by atoms with Gasteiger partial charge in [-0.2, -0.15) is 0 Å². The largest absolute Gasteiger partial charge is 0.377 e. The van der Waals surface area contributed by atoms with E-state index in [1.807, 2.05) is 13.8 Å². The van der Waals surface area contributed by atoms with E-state index in [1.54, 1.807) is 35.7 Å². The van der Waals surface area contributed by atoms with Crippen LogP contribution < -0.4 is 5.32 Å². The highest BCUT2D eigenvalue weighted by Gasteiger charge is 2.15. The maximum atomic E-state index is 11.1. The van der Waals surface area contributed by atoms with E-state index >= 15 is 0 Å². The lowest BCUT2D eigenvalue weighted by atomic mass is 10.1. The molecule has 112 valence electrons. The van der Waals surface area contributed by atoms with Gasteiger partial charge in [-0.25, -0.2) is 4.98 Å². The van der Waals surface area contributed by atoms with Crippen LogP contribution in [0.5, 0.6) is 0 Å². The molecule has 1 aromatic carbocycles. The number of pyridine rings is 1. The molecule has 0 bridgehead atoms. The molecular formula is C15H14N4O2S. The minimum Gasteiger partial charge on any atom is -0.377 e. The molecule has 0 saturated carbocycles. The predicted octanol–water partition coefficient (Wildman–Crippen LogP) is 3.83. The van der Waals surface area contributed by atoms with Gasteiger partial charge in [-0.1, -0.05) is 0 Å². The number of benzene rings is 1. The lowest BCUT2D eigenvalue weighted by Gasteiger charge is -2.08. The molecule has 0 spiro atoms. The fraction of sp³-hybridized carbons (Fsp3) is 0.200. The van der Waals surface area contributed by atoms with Crippen molar-refractivity contribution in [3.05, 3.63) is 56.2 Å². The Morgan fingerprint density at radius 2 is 2.14 bits per heavy atom. The maximum Gasteiger partial charge on any atom is 0.278 e. The Labute approximate surface area is 131 Å². The van der Waals surface area contributed by atoms with Gasteiger partial charge in [0, 0.05) is 17.1 Å². The molecule has 0 aliphatic rings. The Balaban J connectivity index is 1.94. The number of fused-ring (bicyclic) bond motifs is 1. The van der Waals surface area contributed by atoms with Gasteiger partial charge in [0.25, 0.3) is 5.69 Å². The SMILES string of the molecule is Cc1nc(CNc2ccc([N+](=O)[O-])c3cccnc23)sc1C. The quantitative estimate of drug-likeness (QED) is 0.584. The number of aromatic nitrogens is 2. The first-order valence-corrected chi connectivity index (χ1v) is 7.57. The van der Waals surface area contributed by atoms with Crippen molar-refractivity contribution in [3.8, 4) is 0 Å². The molecule has 0 amide bonds. The van der Waals surface area contributed by atoms with Crippen molar-refractivity contribution in [1.29, 1.82) is 0 Å². The number of nitro groups is 1. The number of hydrogen-bond donors (Lipinski definition) is 1. The Bertz CT molecular complexity index is 840. The molecule has 2 heterocycles. The highest BCUT2D eigenvalue weighted by atomic mass is 32.1. The Morgan fingerprint density at radius 3 is 2.82 bits per heavy atom. The van der Waals surface area contributed by atoms with Crippen LogP contribution >= 0.6 is 11.3 Å². The third kappa shape index (κ3) is 2.62. The average molecular weight is 314 g/mol. The number of nitrogens with one attached hydrogen (secondary N) is 1. The molecule has 7 heteroatoms. The number of hydrogen-bond acceptors (Lipinski definition) is 6. The first-order chi connectivity index (χ1) is 10.6. The summed E-state index contributed by atoms with van der Waals surface area (Å²) < 4.78 is 0. The first-order valence-electron chi connectivity index (χ1n) is 6.75. The predicted molar refractivity (Wildman–Crippen MR) is 87.3 cm³/mol. The third-order valence-corrected chi connectivity index (χ3v) is 4.52. The number of thiazole rings is 1. The zero-order valence-corrected chi connectivity index (χ0v) is 13.0. The Morgan fingerprint density at radius 1 is 1.32 bits per heavy atom. The van der Waals surface area contributed by atoms with Gasteiger partial charge < -0.3 is 5.32 Å². The van der Waals surface area contributed by atoms with Crippen molar-refractivity contribution in [3.63, 3.8) is 0 Å². The highest BCUT2D eigenvalue weighted by molar-refractivity contribution is 7.11. The molecule has 3 aromatic rings. The highest BCUT2D eigenvalue weighted by Crippen LogP contribution is 2.30. The zero-order valence-electron chi connectivity index (χ0n) is 12.2. The van der Waals surface area contributed by atoms with Crippen LogP contribution in [0.15, 0.2) is 30.5 Å². The number of aryl methyl sites for hydroxylation is 2. The van der Waals surface area contributed by atoms with Gasteiger partial charge in [0.1, 0.15) is 10.5 Å². The third-order valence-electron chi connectivity index (χ3n) is 3.45. The van der Waals surface area contributed by atoms with Crippen LogP contribution in [-0.2, 0) is 6.54 Å². The standard InChI is InChI=1S/C15H14N4O2S/c1-9-10(2)22-14(18-9)8-17-12-5-6-13(19(20)21)11-4-3-7-16-15(11)12/h3-7,17H,8H2,1-2H3. The monoisotopic (exact) mass is 314 g/mol. The van der Waals surface area contributed by atoms with Crippen molar-refractivity contribution >= 4 is 33.6 Å². The Kier molecular flexibility index (Phi) is 3.72. The van der Waals surface area contributed by atoms with Crippen molar-refractivity contribution in [2.24, 2.45) is 0 Å². The second kappa shape index (κ2) is 5.69. The lowest BCUT2D eigenvalue weighted by Crippen LogP contribution is -2.01. The Hall–Kier alpha value is -2.54. The molecule has 22 heavy (non-hydrogen) atoms. The molecule has 0 aliphatic heterocycles. The van der Waals surface area contributed by atoms with E-state index < -0.39 is 0 Å². The summed E-state index contributed by atoms with van der Waals surface area (Å²) in [5.41, 5.74) is 2.47. The molecule has 0 unspecified atom stereocenters. The van der Waals surface area contributed by atoms with Gasteiger partial charge in [-0.3, -0.25) is 15.1 Å². The summed E-state index contributed by atoms with van der Waals surface area (Å²) in [6.45, 7) is 4.60. The topological polar surface area (TPSA) is 81.0 Å². The van der Waals surface area contributed by atoms with E-state index in [-0.39, 0.29) is 10.6 Å². The molecule has 3 rings (SSSR count). The smallest absolute Gasteiger partial charge is 0.278 e. The van der Waals surface area contributed by atoms with Crippen LogP contribution in [0.1, 0.15) is 15.6 Å². The van der Waals surface area contributed by atoms with Gasteiger partial charge in [0.05, 0.1) is 28.2 Å². The van der Waals surface area contributed by atoms with Crippen LogP contribution in [0.3, 0.4) is 0 Å². The van der Waals surface area contributed by atoms with Crippen LogP contribution in [0.25, 0.3) is 10.9 Å². The second-order valence-electron chi connectivity index (χ2n) is 4.89. The van der Waals surface area contributed by atoms with Gasteiger partial charge in [0.15, 0.2) is 0 Å². The lowest BCUT2D eigenvalue weighted by molar-refractivity contribution is -0.383. The van der Waals surface area contributed by atoms with Crippen molar-refractivity contribution < 1.29 is 4.92 Å². The first kappa shape index (κ1) is 14.4. The van der Waals surface area contributed by atoms with Gasteiger partial charge in [-0.05, 0) is 32.0 Å². The fourth-order valence-electron chi connectivity index (χ4n) is 2.25. The molecule has 0 aliphatic carbocycles. The maximum absolute atomic E-state index is 11.1. The molecule has 0 saturated heterocycles. The number of rotatable bonds is 4. The molecule has 0 fully saturated rings. The van der Waals surface area contributed by atoms with E-state index in [9.17, 15) is 10.1 Å². The van der Waals surface area contributed by atoms with Crippen LogP contribution in [-0.4, -0.2) is 14.9 Å². The van der Waals surface area contributed by atoms with Crippen molar-refractivity contribution in [2.45, 2.75) is 20.4 Å². The van der Waals surface area contributed by atoms with E-state index in [0.717, 1.165) is 16.4 Å². The van der Waals surface area contributed by atoms with Gasteiger partial charge in [-0.15, -0.1) is 11.3 Å². The molecule has 1 N–H and O–H groups in total. The van der Waals surface area contributed by atoms with E-state index in [2.05, 4.69) is 15.3 Å². The van der Waals surface area contributed by atoms with E-state index in [1.165, 1.54) is 10.9 Å². The molecular weight excluding hydrogens is 300 g/mol. The summed E-state index contributed by atoms with van der Waals surface area (Å²) in [5.74, 6) is 0. The average Bonchev–Trinajstić information content (AvgIpc) is 2.83. The molecule has 6 nitrogen and oxygen atoms in total. The van der Waals surface area contributed by atoms with Crippen LogP contribution in [0.4, 0.5) is 11.4 Å². The second-order valence-corrected chi connectivity index (χ2v) is 6.18. The van der Waals surface area contributed by atoms with Crippen LogP contribution in [0, 0.1) is 24.0 Å². The van der Waals surface area contributed by atoms with Crippen molar-refractivity contribution in [1.82, 2.24) is 9.97 Å². The summed E-state index contributed by atoms with van der Waals surface area (Å²) in [5, 5.41) is 15.9. The normalized spacial score (nSPS) is 10.8. The van der Waals surface area contributed by atoms with E-state index in [0.29, 0.717) is 17.4 Å². The number of anilines is 1. The van der Waals surface area contributed by atoms with E-state index in [4.69, 9.17) is 0 Å². The summed E-state index contributed by atoms with van der Waals surface area (Å²) in [6.07, 6.45) is 1.63. The van der Waals surface area contributed by atoms with Crippen LogP contribution in [0.2, 0.25) is 0 Å². The van der Waals surface area contributed by atoms with Gasteiger partial charge >= 0.3 is 0 Å². The minimum atomic E-state index is -0.388. The summed E-state index contributed by atoms with van der Waals surface area (Å²) >= 11 is 1.64. The number of nitrogens with zero attached hydrogens (tertiary/aromatic N) is 3. The summed E-state index contributed by atoms with van der Waals surface area (Å²) in [7, 11) is 0.